The fourth-order valence-corrected chi connectivity index (χ4v) is 4.00. The molecule has 1 aromatic carbocycles. The van der Waals surface area contributed by atoms with E-state index in [-0.39, 0.29) is 41.2 Å². The summed E-state index contributed by atoms with van der Waals surface area (Å²) in [4.78, 5) is 4.26. The van der Waals surface area contributed by atoms with E-state index in [1.807, 2.05) is 0 Å². The molecule has 1 saturated heterocycles. The molecule has 2 N–H and O–H groups in total. The van der Waals surface area contributed by atoms with Gasteiger partial charge in [0.25, 0.3) is 0 Å². The first-order chi connectivity index (χ1) is 11.9. The number of nitrogens with zero attached hydrogens (tertiary/aromatic N) is 1. The summed E-state index contributed by atoms with van der Waals surface area (Å²) in [6.45, 7) is 2.70. The number of ether oxygens (including phenoxy) is 2. The summed E-state index contributed by atoms with van der Waals surface area (Å²) in [5.41, 5.74) is 0.691. The first-order valence-electron chi connectivity index (χ1n) is 8.55. The molecule has 2 fully saturated rings. The zero-order chi connectivity index (χ0) is 18.0. The van der Waals surface area contributed by atoms with Crippen molar-refractivity contribution in [2.75, 3.05) is 13.7 Å². The van der Waals surface area contributed by atoms with Crippen LogP contribution in [0, 0.1) is 11.3 Å². The van der Waals surface area contributed by atoms with Gasteiger partial charge < -0.3 is 20.1 Å². The van der Waals surface area contributed by atoms with Gasteiger partial charge in [0.15, 0.2) is 5.96 Å². The highest BCUT2D eigenvalue weighted by Crippen LogP contribution is 2.52. The van der Waals surface area contributed by atoms with Crippen molar-refractivity contribution >= 4 is 29.9 Å². The molecule has 2 aliphatic rings. The topological polar surface area (TPSA) is 54.9 Å². The molecular weight excluding hydrogens is 455 g/mol. The molecule has 3 atom stereocenters. The van der Waals surface area contributed by atoms with Crippen molar-refractivity contribution in [1.29, 1.82) is 0 Å². The highest BCUT2D eigenvalue weighted by Gasteiger charge is 2.59. The van der Waals surface area contributed by atoms with Crippen molar-refractivity contribution < 1.29 is 18.3 Å². The number of aliphatic imine (C=N–C) groups is 1. The molecule has 1 aliphatic heterocycles. The van der Waals surface area contributed by atoms with Gasteiger partial charge >= 0.3 is 6.61 Å². The molecule has 1 saturated carbocycles. The lowest BCUT2D eigenvalue weighted by atomic mass is 9.57. The monoisotopic (exact) mass is 481 g/mol. The maximum absolute atomic E-state index is 12.5. The third-order valence-corrected chi connectivity index (χ3v) is 5.25. The Morgan fingerprint density at radius 3 is 2.81 bits per heavy atom. The lowest BCUT2D eigenvalue weighted by molar-refractivity contribution is -0.106. The van der Waals surface area contributed by atoms with E-state index in [1.165, 1.54) is 6.07 Å². The van der Waals surface area contributed by atoms with Crippen molar-refractivity contribution in [3.8, 4) is 5.75 Å². The van der Waals surface area contributed by atoms with Gasteiger partial charge in [-0.2, -0.15) is 8.78 Å². The lowest BCUT2D eigenvalue weighted by Crippen LogP contribution is -2.67. The summed E-state index contributed by atoms with van der Waals surface area (Å²) in [7, 11) is 1.70. The lowest BCUT2D eigenvalue weighted by Gasteiger charge is -2.54. The minimum atomic E-state index is -2.84. The fourth-order valence-electron chi connectivity index (χ4n) is 4.00. The fraction of sp³-hybridized carbons (Fsp3) is 0.611. The second kappa shape index (κ2) is 8.69. The van der Waals surface area contributed by atoms with Crippen molar-refractivity contribution in [3.05, 3.63) is 29.8 Å². The Kier molecular flexibility index (Phi) is 7.06. The highest BCUT2D eigenvalue weighted by atomic mass is 127. The van der Waals surface area contributed by atoms with Crippen LogP contribution in [0.3, 0.4) is 0 Å². The molecule has 8 heteroatoms. The summed E-state index contributed by atoms with van der Waals surface area (Å²) in [6.07, 6.45) is 1.34. The van der Waals surface area contributed by atoms with E-state index in [0.717, 1.165) is 13.0 Å². The van der Waals surface area contributed by atoms with E-state index in [9.17, 15) is 8.78 Å². The maximum Gasteiger partial charge on any atom is 0.387 e. The molecule has 3 unspecified atom stereocenters. The van der Waals surface area contributed by atoms with Gasteiger partial charge in [0.2, 0.25) is 0 Å². The van der Waals surface area contributed by atoms with Gasteiger partial charge in [0.1, 0.15) is 5.75 Å². The normalized spacial score (nSPS) is 26.5. The first kappa shape index (κ1) is 21.1. The van der Waals surface area contributed by atoms with Crippen LogP contribution in [0.5, 0.6) is 5.75 Å². The second-order valence-electron chi connectivity index (χ2n) is 7.10. The number of nitrogens with one attached hydrogen (secondary N) is 2. The molecule has 5 nitrogen and oxygen atoms in total. The minimum absolute atomic E-state index is 0. The standard InChI is InChI=1S/C18H25F2N3O2.HI/c1-18(2)14(12-8-9-24-15(12)18)23-17(21-3)22-10-11-6-4-5-7-13(11)25-16(19)20;/h4-7,12,14-16H,8-10H2,1-3H3,(H2,21,22,23);1H. The highest BCUT2D eigenvalue weighted by molar-refractivity contribution is 14.0. The Bertz CT molecular complexity index is 643. The third kappa shape index (κ3) is 4.21. The van der Waals surface area contributed by atoms with E-state index >= 15 is 0 Å². The molecule has 146 valence electrons. The Morgan fingerprint density at radius 1 is 1.38 bits per heavy atom. The molecule has 1 aromatic rings. The summed E-state index contributed by atoms with van der Waals surface area (Å²) in [6, 6.07) is 7.03. The van der Waals surface area contributed by atoms with Gasteiger partial charge in [0, 0.05) is 43.1 Å². The van der Waals surface area contributed by atoms with E-state index < -0.39 is 6.61 Å². The number of alkyl halides is 2. The average molecular weight is 481 g/mol. The number of hydrogen-bond acceptors (Lipinski definition) is 3. The van der Waals surface area contributed by atoms with Gasteiger partial charge in [-0.05, 0) is 12.5 Å². The van der Waals surface area contributed by atoms with Crippen LogP contribution in [0.2, 0.25) is 0 Å². The number of benzene rings is 1. The van der Waals surface area contributed by atoms with Crippen molar-refractivity contribution in [3.63, 3.8) is 0 Å². The zero-order valence-electron chi connectivity index (χ0n) is 15.2. The first-order valence-corrected chi connectivity index (χ1v) is 8.55. The summed E-state index contributed by atoms with van der Waals surface area (Å²) >= 11 is 0. The molecule has 0 aromatic heterocycles. The van der Waals surface area contributed by atoms with Crippen LogP contribution in [-0.4, -0.2) is 38.4 Å². The molecule has 3 rings (SSSR count). The third-order valence-electron chi connectivity index (χ3n) is 5.25. The van der Waals surface area contributed by atoms with E-state index in [2.05, 4.69) is 34.2 Å². The SMILES string of the molecule is CN=C(NCc1ccccc1OC(F)F)NC1C2CCOC2C1(C)C.I. The smallest absolute Gasteiger partial charge is 0.387 e. The summed E-state index contributed by atoms with van der Waals surface area (Å²) in [5, 5.41) is 6.65. The number of guanidine groups is 1. The Hall–Kier alpha value is -1.16. The van der Waals surface area contributed by atoms with Crippen LogP contribution in [0.15, 0.2) is 29.3 Å². The van der Waals surface area contributed by atoms with Gasteiger partial charge in [-0.1, -0.05) is 32.0 Å². The maximum atomic E-state index is 12.5. The summed E-state index contributed by atoms with van der Waals surface area (Å²) < 4.78 is 35.4. The Balaban J connectivity index is 0.00000243. The zero-order valence-corrected chi connectivity index (χ0v) is 17.5. The van der Waals surface area contributed by atoms with Crippen LogP contribution in [0.25, 0.3) is 0 Å². The Morgan fingerprint density at radius 2 is 2.12 bits per heavy atom. The molecule has 0 bridgehead atoms. The van der Waals surface area contributed by atoms with Crippen molar-refractivity contribution in [2.24, 2.45) is 16.3 Å². The van der Waals surface area contributed by atoms with Crippen LogP contribution in [0.1, 0.15) is 25.8 Å². The van der Waals surface area contributed by atoms with Gasteiger partial charge in [-0.15, -0.1) is 24.0 Å². The van der Waals surface area contributed by atoms with Gasteiger partial charge in [0.05, 0.1) is 6.10 Å². The van der Waals surface area contributed by atoms with E-state index in [0.29, 0.717) is 30.1 Å². The Labute approximate surface area is 169 Å². The number of para-hydroxylation sites is 1. The quantitative estimate of drug-likeness (QED) is 0.385. The number of halogens is 3. The van der Waals surface area contributed by atoms with Crippen LogP contribution in [0.4, 0.5) is 8.78 Å². The predicted molar refractivity (Wildman–Crippen MR) is 107 cm³/mol. The number of fused-ring (bicyclic) bond motifs is 1. The van der Waals surface area contributed by atoms with E-state index in [1.54, 1.807) is 25.2 Å². The van der Waals surface area contributed by atoms with Crippen LogP contribution in [-0.2, 0) is 11.3 Å². The van der Waals surface area contributed by atoms with E-state index in [4.69, 9.17) is 4.74 Å². The van der Waals surface area contributed by atoms with Crippen molar-refractivity contribution in [1.82, 2.24) is 10.6 Å². The van der Waals surface area contributed by atoms with Gasteiger partial charge in [-0.25, -0.2) is 0 Å². The molecule has 1 heterocycles. The molecule has 0 radical (unpaired) electrons. The number of hydrogen-bond donors (Lipinski definition) is 2. The average Bonchev–Trinajstić information content (AvgIpc) is 3.03. The summed E-state index contributed by atoms with van der Waals surface area (Å²) in [5.74, 6) is 1.31. The minimum Gasteiger partial charge on any atom is -0.434 e. The van der Waals surface area contributed by atoms with Crippen molar-refractivity contribution in [2.45, 2.75) is 45.6 Å². The predicted octanol–water partition coefficient (Wildman–Crippen LogP) is 3.38. The molecule has 1 aliphatic carbocycles. The van der Waals surface area contributed by atoms with Gasteiger partial charge in [-0.3, -0.25) is 4.99 Å². The largest absolute Gasteiger partial charge is 0.434 e. The molecule has 0 spiro atoms. The molecule has 26 heavy (non-hydrogen) atoms. The van der Waals surface area contributed by atoms with Crippen LogP contribution >= 0.6 is 24.0 Å². The number of rotatable bonds is 5. The molecular formula is C18H26F2IN3O2. The molecule has 0 amide bonds. The van der Waals surface area contributed by atoms with Crippen LogP contribution < -0.4 is 15.4 Å². The second-order valence-corrected chi connectivity index (χ2v) is 7.10.